The molecule has 36 heavy (non-hydrogen) atoms. The van der Waals surface area contributed by atoms with Crippen molar-refractivity contribution >= 4 is 46.6 Å². The number of hydrazine groups is 1. The van der Waals surface area contributed by atoms with E-state index in [9.17, 15) is 14.4 Å². The molecule has 0 aliphatic heterocycles. The Morgan fingerprint density at radius 3 is 2.61 bits per heavy atom. The molecule has 0 unspecified atom stereocenters. The first kappa shape index (κ1) is 25.2. The number of hydrogen-bond acceptors (Lipinski definition) is 7. The molecule has 0 radical (unpaired) electrons. The molecular formula is C24H21Cl2N5O5. The second-order valence-corrected chi connectivity index (χ2v) is 8.65. The number of aryl methyl sites for hydroxylation is 1. The average Bonchev–Trinajstić information content (AvgIpc) is 3.23. The van der Waals surface area contributed by atoms with E-state index in [1.54, 1.807) is 25.1 Å². The van der Waals surface area contributed by atoms with Crippen LogP contribution < -0.4 is 21.0 Å². The van der Waals surface area contributed by atoms with Gasteiger partial charge in [-0.15, -0.1) is 0 Å². The first-order valence-electron chi connectivity index (χ1n) is 10.9. The van der Waals surface area contributed by atoms with Crippen LogP contribution in [-0.2, 0) is 11.2 Å². The summed E-state index contributed by atoms with van der Waals surface area (Å²) in [6.07, 6.45) is 4.99. The summed E-state index contributed by atoms with van der Waals surface area (Å²) >= 11 is 11.8. The van der Waals surface area contributed by atoms with E-state index in [-0.39, 0.29) is 29.0 Å². The summed E-state index contributed by atoms with van der Waals surface area (Å²) in [5, 5.41) is 4.96. The molecule has 0 bridgehead atoms. The van der Waals surface area contributed by atoms with Crippen molar-refractivity contribution in [2.75, 3.05) is 6.61 Å². The number of ether oxygens (including phenoxy) is 1. The highest BCUT2D eigenvalue weighted by atomic mass is 35.5. The molecular weight excluding hydrogens is 509 g/mol. The van der Waals surface area contributed by atoms with Gasteiger partial charge in [0.05, 0.1) is 10.7 Å². The van der Waals surface area contributed by atoms with E-state index >= 15 is 0 Å². The molecule has 3 aromatic rings. The smallest absolute Gasteiger partial charge is 0.305 e. The van der Waals surface area contributed by atoms with Crippen LogP contribution in [0.1, 0.15) is 50.6 Å². The van der Waals surface area contributed by atoms with Gasteiger partial charge in [-0.3, -0.25) is 30.2 Å². The van der Waals surface area contributed by atoms with Crippen molar-refractivity contribution in [2.24, 2.45) is 5.10 Å². The minimum Gasteiger partial charge on any atom is -0.482 e. The Hall–Kier alpha value is -3.89. The number of hydrogen-bond donors (Lipinski definition) is 3. The number of amides is 3. The van der Waals surface area contributed by atoms with Gasteiger partial charge in [0, 0.05) is 40.5 Å². The normalized spacial score (nSPS) is 13.6. The summed E-state index contributed by atoms with van der Waals surface area (Å²) < 4.78 is 11.1. The van der Waals surface area contributed by atoms with Crippen molar-refractivity contribution < 1.29 is 23.5 Å². The van der Waals surface area contributed by atoms with Gasteiger partial charge in [0.25, 0.3) is 11.8 Å². The monoisotopic (exact) mass is 529 g/mol. The zero-order valence-corrected chi connectivity index (χ0v) is 20.6. The Bertz CT molecular complexity index is 1340. The zero-order chi connectivity index (χ0) is 25.7. The standard InChI is InChI=1S/C24H21Cl2N5O5/c1-13-21-17(28-30-23(33)14-7-9-27-10-8-14)3-2-4-19(21)36-22(13)24(34)31-29-20(32)12-35-18-6-5-15(25)11-16(18)26/h5-11H,2-4,12H2,1H3,(H,29,32)(H,30,33)(H,31,34)/b28-17+. The molecule has 1 aromatic carbocycles. The Morgan fingerprint density at radius 2 is 1.86 bits per heavy atom. The zero-order valence-electron chi connectivity index (χ0n) is 19.1. The van der Waals surface area contributed by atoms with Crippen LogP contribution >= 0.6 is 23.2 Å². The minimum absolute atomic E-state index is 0.0389. The van der Waals surface area contributed by atoms with Crippen molar-refractivity contribution in [2.45, 2.75) is 26.2 Å². The molecule has 0 atom stereocenters. The number of pyridine rings is 1. The van der Waals surface area contributed by atoms with E-state index in [2.05, 4.69) is 26.4 Å². The molecule has 3 amide bonds. The highest BCUT2D eigenvalue weighted by Gasteiger charge is 2.28. The highest BCUT2D eigenvalue weighted by Crippen LogP contribution is 2.30. The summed E-state index contributed by atoms with van der Waals surface area (Å²) in [6, 6.07) is 7.76. The Morgan fingerprint density at radius 1 is 1.08 bits per heavy atom. The van der Waals surface area contributed by atoms with Crippen molar-refractivity contribution in [3.05, 3.63) is 81.0 Å². The fraction of sp³-hybridized carbons (Fsp3) is 0.208. The molecule has 10 nitrogen and oxygen atoms in total. The number of rotatable bonds is 6. The molecule has 1 aliphatic rings. The maximum absolute atomic E-state index is 12.7. The van der Waals surface area contributed by atoms with Gasteiger partial charge in [-0.2, -0.15) is 5.10 Å². The van der Waals surface area contributed by atoms with Crippen molar-refractivity contribution in [3.8, 4) is 5.75 Å². The van der Waals surface area contributed by atoms with Gasteiger partial charge >= 0.3 is 5.91 Å². The summed E-state index contributed by atoms with van der Waals surface area (Å²) in [4.78, 5) is 41.0. The number of halogens is 2. The van der Waals surface area contributed by atoms with Gasteiger partial charge < -0.3 is 9.15 Å². The van der Waals surface area contributed by atoms with Crippen LogP contribution in [0.3, 0.4) is 0 Å². The number of fused-ring (bicyclic) bond motifs is 1. The third-order valence-electron chi connectivity index (χ3n) is 5.33. The van der Waals surface area contributed by atoms with Crippen molar-refractivity contribution in [1.29, 1.82) is 0 Å². The van der Waals surface area contributed by atoms with E-state index in [1.165, 1.54) is 24.5 Å². The molecule has 0 saturated heterocycles. The summed E-state index contributed by atoms with van der Waals surface area (Å²) in [5.74, 6) is -0.713. The Labute approximate surface area is 216 Å². The summed E-state index contributed by atoms with van der Waals surface area (Å²) in [5.41, 5.74) is 9.39. The molecule has 3 N–H and O–H groups in total. The van der Waals surface area contributed by atoms with Crippen LogP contribution in [0, 0.1) is 6.92 Å². The van der Waals surface area contributed by atoms with E-state index in [4.69, 9.17) is 32.4 Å². The fourth-order valence-corrected chi connectivity index (χ4v) is 4.10. The second kappa shape index (κ2) is 11.2. The molecule has 2 heterocycles. The van der Waals surface area contributed by atoms with Gasteiger partial charge in [-0.25, -0.2) is 5.43 Å². The number of carbonyl (C=O) groups excluding carboxylic acids is 3. The summed E-state index contributed by atoms with van der Waals surface area (Å²) in [6.45, 7) is 1.33. The number of hydrazone groups is 1. The first-order chi connectivity index (χ1) is 17.3. The van der Waals surface area contributed by atoms with E-state index in [0.29, 0.717) is 46.0 Å². The number of benzene rings is 1. The second-order valence-electron chi connectivity index (χ2n) is 7.81. The first-order valence-corrected chi connectivity index (χ1v) is 11.7. The number of aromatic nitrogens is 1. The average molecular weight is 530 g/mol. The lowest BCUT2D eigenvalue weighted by molar-refractivity contribution is -0.123. The maximum atomic E-state index is 12.7. The van der Waals surface area contributed by atoms with E-state index in [0.717, 1.165) is 6.42 Å². The molecule has 0 fully saturated rings. The molecule has 12 heteroatoms. The number of nitrogens with zero attached hydrogens (tertiary/aromatic N) is 2. The van der Waals surface area contributed by atoms with Crippen LogP contribution in [0.2, 0.25) is 10.0 Å². The predicted molar refractivity (Wildman–Crippen MR) is 132 cm³/mol. The predicted octanol–water partition coefficient (Wildman–Crippen LogP) is 3.60. The highest BCUT2D eigenvalue weighted by molar-refractivity contribution is 6.35. The Balaban J connectivity index is 1.38. The van der Waals surface area contributed by atoms with Gasteiger partial charge in [0.2, 0.25) is 0 Å². The van der Waals surface area contributed by atoms with Gasteiger partial charge in [-0.1, -0.05) is 23.2 Å². The maximum Gasteiger partial charge on any atom is 0.305 e. The van der Waals surface area contributed by atoms with Gasteiger partial charge in [0.15, 0.2) is 12.4 Å². The fourth-order valence-electron chi connectivity index (χ4n) is 3.64. The largest absolute Gasteiger partial charge is 0.482 e. The summed E-state index contributed by atoms with van der Waals surface area (Å²) in [7, 11) is 0. The van der Waals surface area contributed by atoms with Crippen LogP contribution in [-0.4, -0.2) is 35.0 Å². The van der Waals surface area contributed by atoms with Gasteiger partial charge in [0.1, 0.15) is 11.5 Å². The van der Waals surface area contributed by atoms with Crippen LogP contribution in [0.25, 0.3) is 0 Å². The topological polar surface area (TPSA) is 135 Å². The third-order valence-corrected chi connectivity index (χ3v) is 5.87. The molecule has 0 spiro atoms. The van der Waals surface area contributed by atoms with Crippen molar-refractivity contribution in [3.63, 3.8) is 0 Å². The third kappa shape index (κ3) is 5.84. The molecule has 4 rings (SSSR count). The quantitative estimate of drug-likeness (QED) is 0.417. The van der Waals surface area contributed by atoms with E-state index < -0.39 is 11.8 Å². The SMILES string of the molecule is Cc1c(C(=O)NNC(=O)COc2ccc(Cl)cc2Cl)oc2c1/C(=N/NC(=O)c1ccncc1)CCC2. The number of furan rings is 1. The lowest BCUT2D eigenvalue weighted by Crippen LogP contribution is -2.43. The lowest BCUT2D eigenvalue weighted by atomic mass is 9.93. The minimum atomic E-state index is -0.639. The molecule has 1 aliphatic carbocycles. The van der Waals surface area contributed by atoms with Crippen LogP contribution in [0.5, 0.6) is 5.75 Å². The number of carbonyl (C=O) groups is 3. The molecule has 0 saturated carbocycles. The molecule has 186 valence electrons. The van der Waals surface area contributed by atoms with Crippen LogP contribution in [0.4, 0.5) is 0 Å². The Kier molecular flexibility index (Phi) is 7.87. The molecule has 2 aromatic heterocycles. The lowest BCUT2D eigenvalue weighted by Gasteiger charge is -2.13. The van der Waals surface area contributed by atoms with Gasteiger partial charge in [-0.05, 0) is 50.1 Å². The van der Waals surface area contributed by atoms with Crippen LogP contribution in [0.15, 0.2) is 52.2 Å². The van der Waals surface area contributed by atoms with Crippen molar-refractivity contribution in [1.82, 2.24) is 21.3 Å². The van der Waals surface area contributed by atoms with E-state index in [1.807, 2.05) is 0 Å². The number of nitrogens with one attached hydrogen (secondary N) is 3.